The quantitative estimate of drug-likeness (QED) is 0.533. The van der Waals surface area contributed by atoms with E-state index in [2.05, 4.69) is 11.5 Å². The van der Waals surface area contributed by atoms with Crippen molar-refractivity contribution in [1.82, 2.24) is 10.2 Å². The molecule has 0 saturated carbocycles. The fourth-order valence-corrected chi connectivity index (χ4v) is 2.30. The molecule has 1 N–H and O–H groups in total. The Labute approximate surface area is 73.3 Å². The Morgan fingerprint density at radius 1 is 1.33 bits per heavy atom. The average molecular weight is 165 g/mol. The lowest BCUT2D eigenvalue weighted by Crippen LogP contribution is -2.57. The average Bonchev–Trinajstić information content (AvgIpc) is 2.25. The molecule has 0 aliphatic carbocycles. The molecular weight excluding hydrogens is 150 g/mol. The van der Waals surface area contributed by atoms with Crippen molar-refractivity contribution in [3.8, 4) is 6.19 Å². The molecule has 2 rings (SSSR count). The van der Waals surface area contributed by atoms with Gasteiger partial charge in [-0.25, -0.2) is 0 Å². The Balaban J connectivity index is 1.91. The molecule has 0 atom stereocenters. The van der Waals surface area contributed by atoms with E-state index in [1.54, 1.807) is 0 Å². The number of likely N-dealkylation sites (tertiary alicyclic amines) is 1. The van der Waals surface area contributed by atoms with Crippen molar-refractivity contribution in [3.05, 3.63) is 0 Å². The molecule has 0 aromatic rings. The third-order valence-corrected chi connectivity index (χ3v) is 3.00. The van der Waals surface area contributed by atoms with Gasteiger partial charge in [-0.05, 0) is 19.4 Å². The summed E-state index contributed by atoms with van der Waals surface area (Å²) in [6, 6.07) is 0. The Hall–Kier alpha value is -0.750. The molecule has 2 aliphatic heterocycles. The first-order valence-electron chi connectivity index (χ1n) is 4.70. The molecule has 66 valence electrons. The second-order valence-corrected chi connectivity index (χ2v) is 4.09. The summed E-state index contributed by atoms with van der Waals surface area (Å²) in [5.74, 6) is 0. The van der Waals surface area contributed by atoms with Crippen LogP contribution in [0.15, 0.2) is 0 Å². The van der Waals surface area contributed by atoms with Crippen LogP contribution in [0, 0.1) is 16.9 Å². The van der Waals surface area contributed by atoms with Crippen LogP contribution in [0.25, 0.3) is 0 Å². The summed E-state index contributed by atoms with van der Waals surface area (Å²) in [5.41, 5.74) is 0.451. The lowest BCUT2D eigenvalue weighted by atomic mass is 9.76. The van der Waals surface area contributed by atoms with E-state index in [0.717, 1.165) is 26.2 Å². The molecule has 2 saturated heterocycles. The molecule has 1 spiro atoms. The van der Waals surface area contributed by atoms with Gasteiger partial charge in [0.15, 0.2) is 6.19 Å². The highest BCUT2D eigenvalue weighted by atomic mass is 15.2. The molecule has 0 unspecified atom stereocenters. The van der Waals surface area contributed by atoms with Gasteiger partial charge in [-0.15, -0.1) is 0 Å². The summed E-state index contributed by atoms with van der Waals surface area (Å²) in [5, 5.41) is 12.1. The first kappa shape index (κ1) is 7.88. The second kappa shape index (κ2) is 2.95. The monoisotopic (exact) mass is 165 g/mol. The summed E-state index contributed by atoms with van der Waals surface area (Å²) < 4.78 is 0. The van der Waals surface area contributed by atoms with Gasteiger partial charge in [0.2, 0.25) is 0 Å². The summed E-state index contributed by atoms with van der Waals surface area (Å²) in [7, 11) is 0. The molecule has 2 heterocycles. The van der Waals surface area contributed by atoms with Crippen LogP contribution in [0.3, 0.4) is 0 Å². The van der Waals surface area contributed by atoms with Crippen LogP contribution in [0.4, 0.5) is 0 Å². The minimum absolute atomic E-state index is 0.451. The van der Waals surface area contributed by atoms with E-state index in [0.29, 0.717) is 5.41 Å². The predicted molar refractivity (Wildman–Crippen MR) is 46.3 cm³/mol. The Bertz CT molecular complexity index is 190. The normalized spacial score (nSPS) is 27.4. The lowest BCUT2D eigenvalue weighted by Gasteiger charge is -2.47. The molecule has 0 bridgehead atoms. The van der Waals surface area contributed by atoms with Crippen LogP contribution in [0.1, 0.15) is 19.3 Å². The van der Waals surface area contributed by atoms with Gasteiger partial charge in [-0.2, -0.15) is 5.26 Å². The minimum atomic E-state index is 0.451. The van der Waals surface area contributed by atoms with Crippen LogP contribution in [0.2, 0.25) is 0 Å². The van der Waals surface area contributed by atoms with Crippen molar-refractivity contribution in [2.45, 2.75) is 19.3 Å². The largest absolute Gasteiger partial charge is 0.316 e. The molecule has 0 aromatic heterocycles. The predicted octanol–water partition coefficient (Wildman–Crippen LogP) is 0.543. The maximum atomic E-state index is 8.63. The standard InChI is InChI=1S/C9H15N3/c10-8-12-6-9(7-12)3-1-2-4-11-5-9/h11H,1-7H2. The van der Waals surface area contributed by atoms with Crippen LogP contribution in [-0.2, 0) is 0 Å². The SMILES string of the molecule is N#CN1CC2(CCCCNC2)C1. The van der Waals surface area contributed by atoms with Crippen molar-refractivity contribution in [2.24, 2.45) is 5.41 Å². The first-order chi connectivity index (χ1) is 5.85. The van der Waals surface area contributed by atoms with Gasteiger partial charge < -0.3 is 10.2 Å². The van der Waals surface area contributed by atoms with E-state index in [-0.39, 0.29) is 0 Å². The van der Waals surface area contributed by atoms with Gasteiger partial charge in [-0.3, -0.25) is 0 Å². The number of nitrogens with zero attached hydrogens (tertiary/aromatic N) is 2. The zero-order chi connectivity index (χ0) is 8.44. The fraction of sp³-hybridized carbons (Fsp3) is 0.889. The Kier molecular flexibility index (Phi) is 1.93. The van der Waals surface area contributed by atoms with E-state index in [1.165, 1.54) is 19.3 Å². The van der Waals surface area contributed by atoms with Gasteiger partial charge in [0.25, 0.3) is 0 Å². The maximum Gasteiger partial charge on any atom is 0.179 e. The third kappa shape index (κ3) is 1.27. The van der Waals surface area contributed by atoms with E-state index in [4.69, 9.17) is 5.26 Å². The highest BCUT2D eigenvalue weighted by molar-refractivity contribution is 5.01. The fourth-order valence-electron chi connectivity index (χ4n) is 2.30. The Morgan fingerprint density at radius 2 is 2.17 bits per heavy atom. The zero-order valence-corrected chi connectivity index (χ0v) is 7.34. The molecular formula is C9H15N3. The highest BCUT2D eigenvalue weighted by Crippen LogP contribution is 2.35. The van der Waals surface area contributed by atoms with Crippen LogP contribution < -0.4 is 5.32 Å². The summed E-state index contributed by atoms with van der Waals surface area (Å²) >= 11 is 0. The molecule has 0 amide bonds. The van der Waals surface area contributed by atoms with Gasteiger partial charge in [-0.1, -0.05) is 6.42 Å². The molecule has 0 aromatic carbocycles. The molecule has 12 heavy (non-hydrogen) atoms. The van der Waals surface area contributed by atoms with E-state index >= 15 is 0 Å². The number of nitrogens with one attached hydrogen (secondary N) is 1. The van der Waals surface area contributed by atoms with Gasteiger partial charge in [0, 0.05) is 25.0 Å². The summed E-state index contributed by atoms with van der Waals surface area (Å²) in [6.07, 6.45) is 6.13. The molecule has 2 aliphatic rings. The van der Waals surface area contributed by atoms with Crippen LogP contribution in [-0.4, -0.2) is 31.1 Å². The molecule has 3 nitrogen and oxygen atoms in total. The lowest BCUT2D eigenvalue weighted by molar-refractivity contribution is 0.0435. The first-order valence-corrected chi connectivity index (χ1v) is 4.70. The Morgan fingerprint density at radius 3 is 2.92 bits per heavy atom. The number of rotatable bonds is 0. The van der Waals surface area contributed by atoms with Crippen molar-refractivity contribution in [1.29, 1.82) is 5.26 Å². The van der Waals surface area contributed by atoms with Crippen molar-refractivity contribution >= 4 is 0 Å². The maximum absolute atomic E-state index is 8.63. The topological polar surface area (TPSA) is 39.1 Å². The number of hydrogen-bond acceptors (Lipinski definition) is 3. The van der Waals surface area contributed by atoms with E-state index < -0.39 is 0 Å². The second-order valence-electron chi connectivity index (χ2n) is 4.09. The number of nitriles is 1. The van der Waals surface area contributed by atoms with E-state index in [1.807, 2.05) is 4.90 Å². The summed E-state index contributed by atoms with van der Waals surface area (Å²) in [4.78, 5) is 1.85. The van der Waals surface area contributed by atoms with Crippen molar-refractivity contribution in [3.63, 3.8) is 0 Å². The molecule has 3 heteroatoms. The highest BCUT2D eigenvalue weighted by Gasteiger charge is 2.42. The third-order valence-electron chi connectivity index (χ3n) is 3.00. The van der Waals surface area contributed by atoms with Crippen LogP contribution in [0.5, 0.6) is 0 Å². The van der Waals surface area contributed by atoms with E-state index in [9.17, 15) is 0 Å². The molecule has 2 fully saturated rings. The van der Waals surface area contributed by atoms with Crippen molar-refractivity contribution in [2.75, 3.05) is 26.2 Å². The van der Waals surface area contributed by atoms with Gasteiger partial charge in [0.05, 0.1) is 0 Å². The minimum Gasteiger partial charge on any atom is -0.316 e. The van der Waals surface area contributed by atoms with Gasteiger partial charge in [0.1, 0.15) is 0 Å². The zero-order valence-electron chi connectivity index (χ0n) is 7.34. The van der Waals surface area contributed by atoms with Crippen LogP contribution >= 0.6 is 0 Å². The smallest absolute Gasteiger partial charge is 0.179 e. The van der Waals surface area contributed by atoms with Gasteiger partial charge >= 0.3 is 0 Å². The number of hydrogen-bond donors (Lipinski definition) is 1. The van der Waals surface area contributed by atoms with Crippen molar-refractivity contribution < 1.29 is 0 Å². The molecule has 0 radical (unpaired) electrons. The summed E-state index contributed by atoms with van der Waals surface area (Å²) in [6.45, 7) is 4.24.